The number of hydrogen-bond acceptors (Lipinski definition) is 3. The number of hydrogen-bond donors (Lipinski definition) is 1. The fraction of sp³-hybridized carbons (Fsp3) is 0.533. The number of aromatic nitrogens is 2. The van der Waals surface area contributed by atoms with Crippen LogP contribution in [0.15, 0.2) is 17.3 Å². The molecule has 6 heteroatoms. The highest BCUT2D eigenvalue weighted by atomic mass is 35.5. The van der Waals surface area contributed by atoms with Crippen molar-refractivity contribution in [1.82, 2.24) is 14.9 Å². The van der Waals surface area contributed by atoms with Gasteiger partial charge in [-0.15, -0.1) is 24.8 Å². The lowest BCUT2D eigenvalue weighted by Crippen LogP contribution is -2.25. The molecule has 0 aliphatic heterocycles. The number of halogens is 2. The number of aromatic amines is 1. The minimum absolute atomic E-state index is 0. The number of aryl methyl sites for hydroxylation is 2. The largest absolute Gasteiger partial charge is 0.333 e. The van der Waals surface area contributed by atoms with Gasteiger partial charge in [-0.3, -0.25) is 0 Å². The zero-order chi connectivity index (χ0) is 13.8. The van der Waals surface area contributed by atoms with Gasteiger partial charge in [-0.25, -0.2) is 4.98 Å². The van der Waals surface area contributed by atoms with Crippen molar-refractivity contribution in [2.24, 2.45) is 0 Å². The van der Waals surface area contributed by atoms with Crippen LogP contribution in [0.2, 0.25) is 0 Å². The average molecular weight is 350 g/mol. The summed E-state index contributed by atoms with van der Waals surface area (Å²) in [5, 5.41) is 1.03. The van der Waals surface area contributed by atoms with Gasteiger partial charge in [0.15, 0.2) is 5.16 Å². The number of H-pyrrole nitrogens is 1. The summed E-state index contributed by atoms with van der Waals surface area (Å²) in [5.74, 6) is 1.08. The lowest BCUT2D eigenvalue weighted by Gasteiger charge is -2.16. The fourth-order valence-corrected chi connectivity index (χ4v) is 3.01. The molecule has 0 amide bonds. The molecule has 2 rings (SSSR count). The third kappa shape index (κ3) is 5.37. The van der Waals surface area contributed by atoms with Crippen molar-refractivity contribution in [3.8, 4) is 0 Å². The summed E-state index contributed by atoms with van der Waals surface area (Å²) in [4.78, 5) is 10.5. The van der Waals surface area contributed by atoms with Gasteiger partial charge in [-0.1, -0.05) is 25.6 Å². The Morgan fingerprint density at radius 3 is 2.33 bits per heavy atom. The maximum Gasteiger partial charge on any atom is 0.166 e. The summed E-state index contributed by atoms with van der Waals surface area (Å²) in [6.45, 7) is 12.1. The molecule has 0 aliphatic rings. The van der Waals surface area contributed by atoms with Crippen LogP contribution in [0.25, 0.3) is 11.0 Å². The van der Waals surface area contributed by atoms with Crippen LogP contribution in [-0.4, -0.2) is 40.3 Å². The van der Waals surface area contributed by atoms with Gasteiger partial charge in [0, 0.05) is 12.3 Å². The minimum atomic E-state index is 0. The van der Waals surface area contributed by atoms with E-state index < -0.39 is 0 Å². The van der Waals surface area contributed by atoms with Gasteiger partial charge < -0.3 is 9.88 Å². The molecule has 0 spiro atoms. The smallest absolute Gasteiger partial charge is 0.166 e. The number of thioether (sulfide) groups is 1. The normalized spacial score (nSPS) is 10.5. The topological polar surface area (TPSA) is 31.9 Å². The van der Waals surface area contributed by atoms with Crippen LogP contribution >= 0.6 is 36.6 Å². The van der Waals surface area contributed by atoms with E-state index in [0.29, 0.717) is 0 Å². The first kappa shape index (κ1) is 20.6. The van der Waals surface area contributed by atoms with E-state index in [1.165, 1.54) is 11.1 Å². The molecule has 2 aromatic rings. The van der Waals surface area contributed by atoms with E-state index in [0.717, 1.165) is 41.6 Å². The summed E-state index contributed by atoms with van der Waals surface area (Å²) < 4.78 is 0. The van der Waals surface area contributed by atoms with Gasteiger partial charge in [-0.05, 0) is 50.2 Å². The van der Waals surface area contributed by atoms with Crippen molar-refractivity contribution in [3.63, 3.8) is 0 Å². The number of fused-ring (bicyclic) bond motifs is 1. The van der Waals surface area contributed by atoms with Gasteiger partial charge in [-0.2, -0.15) is 0 Å². The van der Waals surface area contributed by atoms with Gasteiger partial charge in [0.05, 0.1) is 11.0 Å². The number of nitrogens with zero attached hydrogens (tertiary/aromatic N) is 2. The SMILES string of the molecule is CCN(CC)CCSc1nc2cc(C)c(C)cc2[nH]1.Cl.Cl. The Morgan fingerprint density at radius 1 is 1.10 bits per heavy atom. The number of nitrogens with one attached hydrogen (secondary N) is 1. The maximum absolute atomic E-state index is 4.65. The second-order valence-electron chi connectivity index (χ2n) is 4.87. The average Bonchev–Trinajstić information content (AvgIpc) is 2.77. The van der Waals surface area contributed by atoms with Gasteiger partial charge in [0.1, 0.15) is 0 Å². The number of rotatable bonds is 6. The fourth-order valence-electron chi connectivity index (χ4n) is 2.13. The molecule has 0 fully saturated rings. The van der Waals surface area contributed by atoms with Crippen molar-refractivity contribution >= 4 is 47.6 Å². The Hall–Kier alpha value is -0.420. The molecule has 1 aromatic heterocycles. The third-order valence-electron chi connectivity index (χ3n) is 3.62. The van der Waals surface area contributed by atoms with Crippen LogP contribution in [0.3, 0.4) is 0 Å². The summed E-state index contributed by atoms with van der Waals surface area (Å²) in [5.41, 5.74) is 4.84. The molecular weight excluding hydrogens is 325 g/mol. The monoisotopic (exact) mass is 349 g/mol. The Kier molecular flexibility index (Phi) is 9.38. The first-order valence-electron chi connectivity index (χ1n) is 6.96. The van der Waals surface area contributed by atoms with Crippen LogP contribution in [-0.2, 0) is 0 Å². The minimum Gasteiger partial charge on any atom is -0.333 e. The van der Waals surface area contributed by atoms with Crippen LogP contribution in [0.1, 0.15) is 25.0 Å². The molecule has 3 nitrogen and oxygen atoms in total. The van der Waals surface area contributed by atoms with Crippen LogP contribution in [0, 0.1) is 13.8 Å². The standard InChI is InChI=1S/C15H23N3S.2ClH/c1-5-18(6-2)7-8-19-15-16-13-9-11(3)12(4)10-14(13)17-15;;/h9-10H,5-8H2,1-4H3,(H,16,17);2*1H. The van der Waals surface area contributed by atoms with E-state index in [9.17, 15) is 0 Å². The van der Waals surface area contributed by atoms with Crippen molar-refractivity contribution in [2.45, 2.75) is 32.9 Å². The van der Waals surface area contributed by atoms with Crippen molar-refractivity contribution < 1.29 is 0 Å². The molecule has 0 saturated heterocycles. The zero-order valence-corrected chi connectivity index (χ0v) is 15.6. The molecule has 1 heterocycles. The molecule has 0 aliphatic carbocycles. The molecule has 0 unspecified atom stereocenters. The van der Waals surface area contributed by atoms with E-state index in [1.807, 2.05) is 11.8 Å². The molecule has 120 valence electrons. The highest BCUT2D eigenvalue weighted by Gasteiger charge is 2.06. The predicted octanol–water partition coefficient (Wildman–Crippen LogP) is 4.46. The Labute approximate surface area is 144 Å². The Morgan fingerprint density at radius 2 is 1.71 bits per heavy atom. The summed E-state index contributed by atoms with van der Waals surface area (Å²) in [6, 6.07) is 4.35. The second-order valence-corrected chi connectivity index (χ2v) is 5.95. The van der Waals surface area contributed by atoms with Crippen molar-refractivity contribution in [2.75, 3.05) is 25.4 Å². The lowest BCUT2D eigenvalue weighted by atomic mass is 10.1. The molecule has 0 bridgehead atoms. The molecule has 1 N–H and O–H groups in total. The van der Waals surface area contributed by atoms with E-state index >= 15 is 0 Å². The van der Waals surface area contributed by atoms with Crippen molar-refractivity contribution in [1.29, 1.82) is 0 Å². The molecule has 0 saturated carbocycles. The van der Waals surface area contributed by atoms with Gasteiger partial charge in [0.25, 0.3) is 0 Å². The van der Waals surface area contributed by atoms with Gasteiger partial charge in [0.2, 0.25) is 0 Å². The van der Waals surface area contributed by atoms with E-state index in [1.54, 1.807) is 0 Å². The predicted molar refractivity (Wildman–Crippen MR) is 98.6 cm³/mol. The highest BCUT2D eigenvalue weighted by Crippen LogP contribution is 2.22. The number of benzene rings is 1. The number of imidazole rings is 1. The van der Waals surface area contributed by atoms with Gasteiger partial charge >= 0.3 is 0 Å². The first-order valence-corrected chi connectivity index (χ1v) is 7.94. The van der Waals surface area contributed by atoms with E-state index in [4.69, 9.17) is 0 Å². The van der Waals surface area contributed by atoms with Crippen LogP contribution < -0.4 is 0 Å². The quantitative estimate of drug-likeness (QED) is 0.781. The molecule has 1 aromatic carbocycles. The lowest BCUT2D eigenvalue weighted by molar-refractivity contribution is 0.324. The zero-order valence-electron chi connectivity index (χ0n) is 13.1. The Balaban J connectivity index is 0.00000200. The maximum atomic E-state index is 4.65. The first-order chi connectivity index (χ1) is 9.13. The molecule has 21 heavy (non-hydrogen) atoms. The van der Waals surface area contributed by atoms with E-state index in [2.05, 4.69) is 54.7 Å². The van der Waals surface area contributed by atoms with Crippen molar-refractivity contribution in [3.05, 3.63) is 23.3 Å². The molecule has 0 atom stereocenters. The second kappa shape index (κ2) is 9.57. The summed E-state index contributed by atoms with van der Waals surface area (Å²) >= 11 is 1.81. The van der Waals surface area contributed by atoms with E-state index in [-0.39, 0.29) is 24.8 Å². The Bertz CT molecular complexity index is 514. The van der Waals surface area contributed by atoms with Crippen LogP contribution in [0.5, 0.6) is 0 Å². The molecular formula is C15H25Cl2N3S. The summed E-state index contributed by atoms with van der Waals surface area (Å²) in [7, 11) is 0. The van der Waals surface area contributed by atoms with Crippen LogP contribution in [0.4, 0.5) is 0 Å². The summed E-state index contributed by atoms with van der Waals surface area (Å²) in [6.07, 6.45) is 0. The highest BCUT2D eigenvalue weighted by molar-refractivity contribution is 7.99. The molecule has 0 radical (unpaired) electrons. The third-order valence-corrected chi connectivity index (χ3v) is 4.47.